The Morgan fingerprint density at radius 1 is 0.367 bits per heavy atom. The summed E-state index contributed by atoms with van der Waals surface area (Å²) in [5, 5.41) is 0. The molecule has 242 valence electrons. The fraction of sp³-hybridized carbons (Fsp3) is 0.0714. The summed E-state index contributed by atoms with van der Waals surface area (Å²) in [7, 11) is -0.404. The van der Waals surface area contributed by atoms with Gasteiger partial charge in [-0.3, -0.25) is 14.4 Å². The molecule has 0 amide bonds. The molecule has 6 aromatic carbocycles. The quantitative estimate of drug-likeness (QED) is 0.0929. The lowest BCUT2D eigenvalue weighted by Gasteiger charge is -2.12. The van der Waals surface area contributed by atoms with Crippen LogP contribution in [0.4, 0.5) is 0 Å². The molecule has 0 heterocycles. The first-order valence-electron chi connectivity index (χ1n) is 15.6. The third kappa shape index (κ3) is 8.49. The summed E-state index contributed by atoms with van der Waals surface area (Å²) in [5.41, 5.74) is 2.18. The average molecular weight is 714 g/mol. The molecular formula is C42H33O3S4+. The summed E-state index contributed by atoms with van der Waals surface area (Å²) < 4.78 is 0. The van der Waals surface area contributed by atoms with Crippen LogP contribution in [0.5, 0.6) is 0 Å². The standard InChI is InChI=1S/C42H33O3S4/c1-28(43)37-10-4-7-13-40(37)46-31-16-22-34(23-17-31)49(35-24-18-32(19-25-35)47-41-14-8-5-11-38(41)29(2)44)36-26-20-33(21-27-36)48-42-15-9-6-12-39(42)30(3)45/h4-27H,1-3H3/q+1. The summed E-state index contributed by atoms with van der Waals surface area (Å²) in [5.74, 6) is 0.164. The van der Waals surface area contributed by atoms with Gasteiger partial charge in [0.1, 0.15) is 0 Å². The van der Waals surface area contributed by atoms with Crippen LogP contribution in [0.1, 0.15) is 51.8 Å². The maximum absolute atomic E-state index is 12.2. The van der Waals surface area contributed by atoms with E-state index < -0.39 is 10.9 Å². The summed E-state index contributed by atoms with van der Waals surface area (Å²) in [6.07, 6.45) is 0. The molecule has 0 aliphatic carbocycles. The van der Waals surface area contributed by atoms with E-state index in [4.69, 9.17) is 0 Å². The summed E-state index contributed by atoms with van der Waals surface area (Å²) in [6, 6.07) is 49.0. The van der Waals surface area contributed by atoms with Crippen LogP contribution in [0.3, 0.4) is 0 Å². The Hall–Kier alpha value is -4.27. The van der Waals surface area contributed by atoms with Crippen molar-refractivity contribution in [2.75, 3.05) is 0 Å². The highest BCUT2D eigenvalue weighted by atomic mass is 32.2. The van der Waals surface area contributed by atoms with Crippen molar-refractivity contribution < 1.29 is 14.4 Å². The van der Waals surface area contributed by atoms with E-state index in [2.05, 4.69) is 72.8 Å². The van der Waals surface area contributed by atoms with Crippen molar-refractivity contribution >= 4 is 63.5 Å². The van der Waals surface area contributed by atoms with Gasteiger partial charge in [0, 0.05) is 46.1 Å². The molecule has 0 aliphatic rings. The van der Waals surface area contributed by atoms with E-state index in [0.29, 0.717) is 0 Å². The minimum atomic E-state index is -0.404. The Morgan fingerprint density at radius 3 is 0.857 bits per heavy atom. The van der Waals surface area contributed by atoms with Gasteiger partial charge in [-0.05, 0) is 112 Å². The van der Waals surface area contributed by atoms with Crippen molar-refractivity contribution in [2.24, 2.45) is 0 Å². The summed E-state index contributed by atoms with van der Waals surface area (Å²) >= 11 is 4.79. The number of carbonyl (C=O) groups is 3. The van der Waals surface area contributed by atoms with Gasteiger partial charge >= 0.3 is 0 Å². The minimum absolute atomic E-state index is 0.0547. The smallest absolute Gasteiger partial charge is 0.166 e. The van der Waals surface area contributed by atoms with Gasteiger partial charge in [0.25, 0.3) is 0 Å². The molecule has 6 rings (SSSR count). The van der Waals surface area contributed by atoms with Crippen LogP contribution in [0.25, 0.3) is 0 Å². The molecule has 0 fully saturated rings. The normalized spacial score (nSPS) is 11.0. The van der Waals surface area contributed by atoms with Crippen LogP contribution in [0, 0.1) is 0 Å². The third-order valence-corrected chi connectivity index (χ3v) is 13.1. The lowest BCUT2D eigenvalue weighted by Crippen LogP contribution is -2.05. The summed E-state index contributed by atoms with van der Waals surface area (Å²) in [4.78, 5) is 46.2. The average Bonchev–Trinajstić information content (AvgIpc) is 3.11. The maximum Gasteiger partial charge on any atom is 0.166 e. The Balaban J connectivity index is 1.31. The van der Waals surface area contributed by atoms with Gasteiger partial charge in [-0.15, -0.1) is 0 Å². The number of hydrogen-bond acceptors (Lipinski definition) is 6. The second-order valence-corrected chi connectivity index (χ2v) is 16.6. The van der Waals surface area contributed by atoms with Gasteiger partial charge in [0.15, 0.2) is 32.0 Å². The molecule has 0 atom stereocenters. The molecule has 3 nitrogen and oxygen atoms in total. The molecule has 0 unspecified atom stereocenters. The van der Waals surface area contributed by atoms with Crippen LogP contribution < -0.4 is 0 Å². The first kappa shape index (κ1) is 34.6. The lowest BCUT2D eigenvalue weighted by molar-refractivity contribution is 0.100. The van der Waals surface area contributed by atoms with E-state index in [9.17, 15) is 14.4 Å². The predicted molar refractivity (Wildman–Crippen MR) is 203 cm³/mol. The van der Waals surface area contributed by atoms with Crippen LogP contribution in [-0.4, -0.2) is 17.3 Å². The van der Waals surface area contributed by atoms with Gasteiger partial charge in [-0.1, -0.05) is 89.9 Å². The second kappa shape index (κ2) is 16.0. The molecule has 0 radical (unpaired) electrons. The van der Waals surface area contributed by atoms with Crippen molar-refractivity contribution in [1.82, 2.24) is 0 Å². The van der Waals surface area contributed by atoms with Crippen molar-refractivity contribution in [3.8, 4) is 0 Å². The molecule has 0 aromatic heterocycles. The van der Waals surface area contributed by atoms with E-state index in [0.717, 1.165) is 46.1 Å². The fourth-order valence-electron chi connectivity index (χ4n) is 5.26. The molecule has 6 aromatic rings. The van der Waals surface area contributed by atoms with Crippen molar-refractivity contribution in [2.45, 2.75) is 64.8 Å². The number of rotatable bonds is 12. The number of carbonyl (C=O) groups excluding carboxylic acids is 3. The van der Waals surface area contributed by atoms with Crippen LogP contribution in [0.2, 0.25) is 0 Å². The molecule has 0 saturated carbocycles. The molecule has 0 aliphatic heterocycles. The molecular weight excluding hydrogens is 681 g/mol. The lowest BCUT2D eigenvalue weighted by atomic mass is 10.1. The van der Waals surface area contributed by atoms with E-state index in [1.165, 1.54) is 14.7 Å². The number of hydrogen-bond donors (Lipinski definition) is 0. The molecule has 0 bridgehead atoms. The highest BCUT2D eigenvalue weighted by molar-refractivity contribution is 8.00. The van der Waals surface area contributed by atoms with Crippen LogP contribution in [-0.2, 0) is 10.9 Å². The number of Topliss-reactive ketones (excluding diaryl/α,β-unsaturated/α-hetero) is 3. The van der Waals surface area contributed by atoms with Gasteiger partial charge in [-0.25, -0.2) is 0 Å². The molecule has 0 saturated heterocycles. The highest BCUT2D eigenvalue weighted by Gasteiger charge is 2.29. The van der Waals surface area contributed by atoms with E-state index in [1.807, 2.05) is 72.8 Å². The molecule has 0 spiro atoms. The Kier molecular flexibility index (Phi) is 11.3. The Morgan fingerprint density at radius 2 is 0.612 bits per heavy atom. The number of ketones is 3. The van der Waals surface area contributed by atoms with Crippen molar-refractivity contribution in [3.05, 3.63) is 162 Å². The fourth-order valence-corrected chi connectivity index (χ4v) is 10.3. The molecule has 7 heteroatoms. The van der Waals surface area contributed by atoms with Crippen molar-refractivity contribution in [3.63, 3.8) is 0 Å². The summed E-state index contributed by atoms with van der Waals surface area (Å²) in [6.45, 7) is 4.81. The van der Waals surface area contributed by atoms with Crippen molar-refractivity contribution in [1.29, 1.82) is 0 Å². The molecule has 49 heavy (non-hydrogen) atoms. The Bertz CT molecular complexity index is 1880. The second-order valence-electron chi connectivity index (χ2n) is 11.2. The van der Waals surface area contributed by atoms with Gasteiger partial charge in [0.05, 0.1) is 10.9 Å². The SMILES string of the molecule is CC(=O)c1ccccc1Sc1ccc([S+](c2ccc(Sc3ccccc3C(C)=O)cc2)c2ccc(Sc3ccccc3C(C)=O)cc2)cc1. The zero-order chi connectivity index (χ0) is 34.3. The van der Waals surface area contributed by atoms with Crippen LogP contribution >= 0.6 is 35.3 Å². The van der Waals surface area contributed by atoms with E-state index in [1.54, 1.807) is 56.1 Å². The first-order chi connectivity index (χ1) is 23.8. The number of benzene rings is 6. The first-order valence-corrected chi connectivity index (χ1v) is 19.3. The van der Waals surface area contributed by atoms with E-state index in [-0.39, 0.29) is 17.3 Å². The van der Waals surface area contributed by atoms with E-state index >= 15 is 0 Å². The Labute approximate surface area is 303 Å². The zero-order valence-electron chi connectivity index (χ0n) is 27.2. The zero-order valence-corrected chi connectivity index (χ0v) is 30.5. The van der Waals surface area contributed by atoms with Gasteiger partial charge in [0.2, 0.25) is 0 Å². The molecule has 0 N–H and O–H groups in total. The minimum Gasteiger partial charge on any atom is -0.294 e. The third-order valence-electron chi connectivity index (χ3n) is 7.66. The predicted octanol–water partition coefficient (Wildman–Crippen LogP) is 11.8. The largest absolute Gasteiger partial charge is 0.294 e. The van der Waals surface area contributed by atoms with Gasteiger partial charge in [-0.2, -0.15) is 0 Å². The van der Waals surface area contributed by atoms with Gasteiger partial charge < -0.3 is 0 Å². The monoisotopic (exact) mass is 713 g/mol. The van der Waals surface area contributed by atoms with Crippen LogP contribution in [0.15, 0.2) is 190 Å². The highest BCUT2D eigenvalue weighted by Crippen LogP contribution is 2.38. The maximum atomic E-state index is 12.2. The topological polar surface area (TPSA) is 51.2 Å².